The Kier molecular flexibility index (Phi) is 7.16. The third-order valence-corrected chi connectivity index (χ3v) is 3.86. The second-order valence-corrected chi connectivity index (χ2v) is 5.87. The van der Waals surface area contributed by atoms with E-state index in [2.05, 4.69) is 10.6 Å². The SMILES string of the molecule is CCNC(=O)COc1ccc(CNC(=O)c2cc(F)ccc2C)cc1OC. The number of ether oxygens (including phenoxy) is 2. The van der Waals surface area contributed by atoms with Crippen LogP contribution in [-0.2, 0) is 11.3 Å². The van der Waals surface area contributed by atoms with Gasteiger partial charge in [-0.05, 0) is 49.2 Å². The molecule has 6 nitrogen and oxygen atoms in total. The summed E-state index contributed by atoms with van der Waals surface area (Å²) in [5.41, 5.74) is 1.77. The average Bonchev–Trinajstić information content (AvgIpc) is 2.66. The molecule has 2 amide bonds. The molecule has 0 unspecified atom stereocenters. The first kappa shape index (κ1) is 20.2. The number of hydrogen-bond acceptors (Lipinski definition) is 4. The van der Waals surface area contributed by atoms with Crippen molar-refractivity contribution in [3.8, 4) is 11.5 Å². The third kappa shape index (κ3) is 5.70. The fourth-order valence-electron chi connectivity index (χ4n) is 2.45. The largest absolute Gasteiger partial charge is 0.493 e. The molecule has 0 aliphatic heterocycles. The van der Waals surface area contributed by atoms with Crippen molar-refractivity contribution in [2.75, 3.05) is 20.3 Å². The topological polar surface area (TPSA) is 76.7 Å². The molecule has 7 heteroatoms. The third-order valence-electron chi connectivity index (χ3n) is 3.86. The fourth-order valence-corrected chi connectivity index (χ4v) is 2.45. The lowest BCUT2D eigenvalue weighted by Gasteiger charge is -2.13. The number of nitrogens with one attached hydrogen (secondary N) is 2. The van der Waals surface area contributed by atoms with E-state index in [4.69, 9.17) is 9.47 Å². The van der Waals surface area contributed by atoms with Crippen molar-refractivity contribution in [3.63, 3.8) is 0 Å². The Morgan fingerprint density at radius 3 is 2.56 bits per heavy atom. The summed E-state index contributed by atoms with van der Waals surface area (Å²) >= 11 is 0. The predicted octanol–water partition coefficient (Wildman–Crippen LogP) is 2.59. The van der Waals surface area contributed by atoms with Crippen LogP contribution in [0.3, 0.4) is 0 Å². The molecule has 2 rings (SSSR count). The highest BCUT2D eigenvalue weighted by atomic mass is 19.1. The van der Waals surface area contributed by atoms with Crippen molar-refractivity contribution >= 4 is 11.8 Å². The summed E-state index contributed by atoms with van der Waals surface area (Å²) in [6.07, 6.45) is 0. The van der Waals surface area contributed by atoms with Gasteiger partial charge in [-0.2, -0.15) is 0 Å². The normalized spacial score (nSPS) is 10.2. The van der Waals surface area contributed by atoms with Crippen molar-refractivity contribution < 1.29 is 23.5 Å². The summed E-state index contributed by atoms with van der Waals surface area (Å²) in [6, 6.07) is 9.24. The molecule has 0 bridgehead atoms. The van der Waals surface area contributed by atoms with Crippen molar-refractivity contribution in [1.82, 2.24) is 10.6 Å². The molecule has 0 atom stereocenters. The van der Waals surface area contributed by atoms with Crippen LogP contribution in [0.1, 0.15) is 28.4 Å². The van der Waals surface area contributed by atoms with Gasteiger partial charge >= 0.3 is 0 Å². The van der Waals surface area contributed by atoms with E-state index in [9.17, 15) is 14.0 Å². The van der Waals surface area contributed by atoms with Crippen LogP contribution in [0.15, 0.2) is 36.4 Å². The van der Waals surface area contributed by atoms with Crippen LogP contribution in [0.5, 0.6) is 11.5 Å². The molecule has 0 radical (unpaired) electrons. The van der Waals surface area contributed by atoms with Gasteiger partial charge in [-0.1, -0.05) is 12.1 Å². The summed E-state index contributed by atoms with van der Waals surface area (Å²) in [5.74, 6) is -0.155. The number of halogens is 1. The van der Waals surface area contributed by atoms with E-state index >= 15 is 0 Å². The van der Waals surface area contributed by atoms with Crippen molar-refractivity contribution in [3.05, 3.63) is 58.9 Å². The van der Waals surface area contributed by atoms with Crippen LogP contribution in [0.25, 0.3) is 0 Å². The van der Waals surface area contributed by atoms with Crippen LogP contribution in [0.4, 0.5) is 4.39 Å². The number of carbonyl (C=O) groups is 2. The zero-order valence-corrected chi connectivity index (χ0v) is 15.6. The summed E-state index contributed by atoms with van der Waals surface area (Å²) in [5, 5.41) is 5.40. The second-order valence-electron chi connectivity index (χ2n) is 5.87. The predicted molar refractivity (Wildman–Crippen MR) is 99.5 cm³/mol. The quantitative estimate of drug-likeness (QED) is 0.745. The number of likely N-dealkylation sites (N-methyl/N-ethyl adjacent to an activating group) is 1. The molecular weight excluding hydrogens is 351 g/mol. The van der Waals surface area contributed by atoms with Gasteiger partial charge in [-0.15, -0.1) is 0 Å². The maximum absolute atomic E-state index is 13.4. The molecule has 0 aliphatic carbocycles. The number of carbonyl (C=O) groups excluding carboxylic acids is 2. The maximum atomic E-state index is 13.4. The lowest BCUT2D eigenvalue weighted by molar-refractivity contribution is -0.123. The molecule has 0 aliphatic rings. The Bertz CT molecular complexity index is 824. The number of amides is 2. The van der Waals surface area contributed by atoms with Crippen LogP contribution >= 0.6 is 0 Å². The zero-order valence-electron chi connectivity index (χ0n) is 15.6. The molecule has 0 aromatic heterocycles. The fraction of sp³-hybridized carbons (Fsp3) is 0.300. The molecule has 144 valence electrons. The Morgan fingerprint density at radius 1 is 1.07 bits per heavy atom. The standard InChI is InChI=1S/C20H23FN2O4/c1-4-22-19(24)12-27-17-8-6-14(9-18(17)26-3)11-23-20(25)16-10-15(21)7-5-13(16)2/h5-10H,4,11-12H2,1-3H3,(H,22,24)(H,23,25). The maximum Gasteiger partial charge on any atom is 0.257 e. The van der Waals surface area contributed by atoms with E-state index in [1.165, 1.54) is 19.2 Å². The molecule has 0 saturated heterocycles. The zero-order chi connectivity index (χ0) is 19.8. The van der Waals surface area contributed by atoms with Gasteiger partial charge in [0.1, 0.15) is 5.82 Å². The van der Waals surface area contributed by atoms with E-state index in [1.807, 2.05) is 6.92 Å². The van der Waals surface area contributed by atoms with E-state index in [0.29, 0.717) is 29.2 Å². The van der Waals surface area contributed by atoms with Gasteiger partial charge in [-0.3, -0.25) is 9.59 Å². The van der Waals surface area contributed by atoms with Crippen LogP contribution in [0, 0.1) is 12.7 Å². The number of benzene rings is 2. The molecule has 0 fully saturated rings. The summed E-state index contributed by atoms with van der Waals surface area (Å²) in [7, 11) is 1.49. The number of rotatable bonds is 8. The van der Waals surface area contributed by atoms with E-state index < -0.39 is 5.82 Å². The Balaban J connectivity index is 2.01. The molecule has 2 aromatic carbocycles. The summed E-state index contributed by atoms with van der Waals surface area (Å²) in [4.78, 5) is 23.8. The lowest BCUT2D eigenvalue weighted by Crippen LogP contribution is -2.28. The van der Waals surface area contributed by atoms with Gasteiger partial charge in [0.05, 0.1) is 7.11 Å². The van der Waals surface area contributed by atoms with Gasteiger partial charge in [0.25, 0.3) is 11.8 Å². The van der Waals surface area contributed by atoms with Gasteiger partial charge in [0, 0.05) is 18.7 Å². The number of aryl methyl sites for hydroxylation is 1. The molecular formula is C20H23FN2O4. The minimum Gasteiger partial charge on any atom is -0.493 e. The van der Waals surface area contributed by atoms with Gasteiger partial charge < -0.3 is 20.1 Å². The molecule has 27 heavy (non-hydrogen) atoms. The van der Waals surface area contributed by atoms with Gasteiger partial charge in [0.2, 0.25) is 0 Å². The minimum atomic E-state index is -0.457. The molecule has 2 aromatic rings. The molecule has 0 saturated carbocycles. The number of methoxy groups -OCH3 is 1. The molecule has 0 heterocycles. The Hall–Kier alpha value is -3.09. The van der Waals surface area contributed by atoms with Gasteiger partial charge in [0.15, 0.2) is 18.1 Å². The summed E-state index contributed by atoms with van der Waals surface area (Å²) in [6.45, 7) is 4.23. The smallest absolute Gasteiger partial charge is 0.257 e. The van der Waals surface area contributed by atoms with Crippen molar-refractivity contribution in [1.29, 1.82) is 0 Å². The first-order chi connectivity index (χ1) is 12.9. The van der Waals surface area contributed by atoms with E-state index in [0.717, 1.165) is 5.56 Å². The highest BCUT2D eigenvalue weighted by Crippen LogP contribution is 2.28. The molecule has 2 N–H and O–H groups in total. The average molecular weight is 374 g/mol. The molecule has 0 spiro atoms. The highest BCUT2D eigenvalue weighted by Gasteiger charge is 2.12. The van der Waals surface area contributed by atoms with E-state index in [1.54, 1.807) is 31.2 Å². The second kappa shape index (κ2) is 9.56. The first-order valence-corrected chi connectivity index (χ1v) is 8.55. The monoisotopic (exact) mass is 374 g/mol. The number of hydrogen-bond donors (Lipinski definition) is 2. The lowest BCUT2D eigenvalue weighted by atomic mass is 10.1. The van der Waals surface area contributed by atoms with Crippen LogP contribution in [0.2, 0.25) is 0 Å². The van der Waals surface area contributed by atoms with E-state index in [-0.39, 0.29) is 25.0 Å². The van der Waals surface area contributed by atoms with Crippen LogP contribution in [-0.4, -0.2) is 32.1 Å². The first-order valence-electron chi connectivity index (χ1n) is 8.55. The van der Waals surface area contributed by atoms with Crippen LogP contribution < -0.4 is 20.1 Å². The Morgan fingerprint density at radius 2 is 1.85 bits per heavy atom. The van der Waals surface area contributed by atoms with Gasteiger partial charge in [-0.25, -0.2) is 4.39 Å². The van der Waals surface area contributed by atoms with Crippen molar-refractivity contribution in [2.24, 2.45) is 0 Å². The minimum absolute atomic E-state index is 0.112. The highest BCUT2D eigenvalue weighted by molar-refractivity contribution is 5.95. The van der Waals surface area contributed by atoms with Crippen molar-refractivity contribution in [2.45, 2.75) is 20.4 Å². The Labute approximate surface area is 157 Å². The summed E-state index contributed by atoms with van der Waals surface area (Å²) < 4.78 is 24.1.